The first-order valence-corrected chi connectivity index (χ1v) is 7.23. The molecular weight excluding hydrogens is 298 g/mol. The number of esters is 1. The molecule has 0 amide bonds. The van der Waals surface area contributed by atoms with Crippen LogP contribution in [0.2, 0.25) is 0 Å². The zero-order chi connectivity index (χ0) is 16.4. The van der Waals surface area contributed by atoms with Gasteiger partial charge in [-0.1, -0.05) is 23.3 Å². The Hall–Kier alpha value is -2.90. The van der Waals surface area contributed by atoms with Gasteiger partial charge in [0.1, 0.15) is 11.8 Å². The number of anilines is 1. The highest BCUT2D eigenvalue weighted by Crippen LogP contribution is 2.38. The summed E-state index contributed by atoms with van der Waals surface area (Å²) < 4.78 is 12.2. The lowest BCUT2D eigenvalue weighted by atomic mass is 9.95. The van der Waals surface area contributed by atoms with E-state index in [1.807, 2.05) is 31.2 Å². The van der Waals surface area contributed by atoms with Gasteiger partial charge < -0.3 is 14.8 Å². The molecule has 2 aromatic rings. The maximum absolute atomic E-state index is 12.3. The predicted molar refractivity (Wildman–Crippen MR) is 81.9 cm³/mol. The highest BCUT2D eigenvalue weighted by molar-refractivity contribution is 5.92. The van der Waals surface area contributed by atoms with Gasteiger partial charge in [0, 0.05) is 11.3 Å². The predicted octanol–water partition coefficient (Wildman–Crippen LogP) is 1.53. The maximum atomic E-state index is 12.3. The Morgan fingerprint density at radius 1 is 1.39 bits per heavy atom. The van der Waals surface area contributed by atoms with Crippen LogP contribution >= 0.6 is 0 Å². The Morgan fingerprint density at radius 2 is 2.17 bits per heavy atom. The molecule has 1 aromatic heterocycles. The molecule has 0 saturated heterocycles. The average molecular weight is 315 g/mol. The molecule has 0 aliphatic carbocycles. The van der Waals surface area contributed by atoms with Crippen LogP contribution in [0, 0.1) is 0 Å². The van der Waals surface area contributed by atoms with Crippen molar-refractivity contribution >= 4 is 11.9 Å². The number of ether oxygens (including phenoxy) is 2. The number of carbonyl (C=O) groups excluding carboxylic acids is 1. The summed E-state index contributed by atoms with van der Waals surface area (Å²) >= 11 is 0. The van der Waals surface area contributed by atoms with Crippen molar-refractivity contribution in [3.8, 4) is 5.75 Å². The fraction of sp³-hybridized carbons (Fsp3) is 0.333. The fourth-order valence-electron chi connectivity index (χ4n) is 2.67. The molecule has 2 heterocycles. The Bertz CT molecular complexity index is 768. The van der Waals surface area contributed by atoms with Gasteiger partial charge in [-0.05, 0) is 30.3 Å². The third kappa shape index (κ3) is 2.52. The van der Waals surface area contributed by atoms with Gasteiger partial charge in [-0.2, -0.15) is 4.68 Å². The number of rotatable bonds is 4. The first-order chi connectivity index (χ1) is 11.2. The number of methoxy groups -OCH3 is 1. The Balaban J connectivity index is 2.20. The van der Waals surface area contributed by atoms with Crippen molar-refractivity contribution in [1.82, 2.24) is 20.2 Å². The quantitative estimate of drug-likeness (QED) is 0.855. The minimum absolute atomic E-state index is 0.438. The summed E-state index contributed by atoms with van der Waals surface area (Å²) in [5.74, 6) is 0.705. The van der Waals surface area contributed by atoms with E-state index < -0.39 is 12.0 Å². The minimum Gasteiger partial charge on any atom is -0.494 e. The Labute approximate surface area is 133 Å². The number of allylic oxidation sites excluding steroid dienone is 1. The lowest BCUT2D eigenvalue weighted by Crippen LogP contribution is -2.29. The number of fused-ring (bicyclic) bond motifs is 1. The lowest BCUT2D eigenvalue weighted by Gasteiger charge is -2.28. The molecule has 0 spiro atoms. The maximum Gasteiger partial charge on any atom is 0.338 e. The van der Waals surface area contributed by atoms with E-state index in [1.54, 1.807) is 11.6 Å². The first kappa shape index (κ1) is 15.0. The molecule has 8 heteroatoms. The number of nitrogens with zero attached hydrogens (tertiary/aromatic N) is 4. The molecule has 0 bridgehead atoms. The zero-order valence-electron chi connectivity index (χ0n) is 13.1. The molecule has 1 aliphatic rings. The second-order valence-corrected chi connectivity index (χ2v) is 4.98. The largest absolute Gasteiger partial charge is 0.494 e. The van der Waals surface area contributed by atoms with E-state index >= 15 is 0 Å². The van der Waals surface area contributed by atoms with E-state index in [0.29, 0.717) is 29.6 Å². The van der Waals surface area contributed by atoms with Crippen molar-refractivity contribution in [2.75, 3.05) is 19.0 Å². The fourth-order valence-corrected chi connectivity index (χ4v) is 2.67. The van der Waals surface area contributed by atoms with Gasteiger partial charge in [-0.15, -0.1) is 0 Å². The van der Waals surface area contributed by atoms with Crippen LogP contribution in [0.1, 0.15) is 25.5 Å². The molecule has 0 saturated carbocycles. The van der Waals surface area contributed by atoms with Gasteiger partial charge in [-0.25, -0.2) is 4.79 Å². The van der Waals surface area contributed by atoms with Gasteiger partial charge in [0.05, 0.1) is 19.3 Å². The second-order valence-electron chi connectivity index (χ2n) is 4.98. The van der Waals surface area contributed by atoms with Gasteiger partial charge >= 0.3 is 5.97 Å². The molecule has 1 aromatic carbocycles. The van der Waals surface area contributed by atoms with Crippen LogP contribution in [0.25, 0.3) is 0 Å². The lowest BCUT2D eigenvalue weighted by molar-refractivity contribution is -0.136. The van der Waals surface area contributed by atoms with E-state index in [9.17, 15) is 4.79 Å². The van der Waals surface area contributed by atoms with Crippen molar-refractivity contribution in [2.45, 2.75) is 19.9 Å². The summed E-state index contributed by atoms with van der Waals surface area (Å²) in [6, 6.07) is 6.99. The smallest absolute Gasteiger partial charge is 0.338 e. The molecule has 1 atom stereocenters. The number of hydrogen-bond acceptors (Lipinski definition) is 7. The SMILES string of the molecule is CCOc1ccccc1C1C(C(=O)OC)=C(C)Nc2nnnn21. The van der Waals surface area contributed by atoms with Crippen molar-refractivity contribution in [2.24, 2.45) is 0 Å². The number of nitrogens with one attached hydrogen (secondary N) is 1. The topological polar surface area (TPSA) is 91.2 Å². The van der Waals surface area contributed by atoms with Crippen LogP contribution in [-0.4, -0.2) is 39.9 Å². The number of benzene rings is 1. The van der Waals surface area contributed by atoms with Gasteiger partial charge in [-0.3, -0.25) is 0 Å². The molecule has 3 rings (SSSR count). The van der Waals surface area contributed by atoms with E-state index in [1.165, 1.54) is 7.11 Å². The van der Waals surface area contributed by atoms with E-state index in [-0.39, 0.29) is 0 Å². The standard InChI is InChI=1S/C15H17N5O3/c1-4-23-11-8-6-5-7-10(11)13-12(14(21)22-3)9(2)16-15-17-18-19-20(13)15/h5-8,13H,4H2,1-3H3,(H,16,17,19). The van der Waals surface area contributed by atoms with Crippen LogP contribution < -0.4 is 10.1 Å². The van der Waals surface area contributed by atoms with E-state index in [4.69, 9.17) is 9.47 Å². The van der Waals surface area contributed by atoms with Crippen LogP contribution in [0.15, 0.2) is 35.5 Å². The van der Waals surface area contributed by atoms with E-state index in [2.05, 4.69) is 20.8 Å². The summed E-state index contributed by atoms with van der Waals surface area (Å²) in [6.07, 6.45) is 0. The number of aromatic nitrogens is 4. The third-order valence-corrected chi connectivity index (χ3v) is 3.63. The normalized spacial score (nSPS) is 16.6. The zero-order valence-corrected chi connectivity index (χ0v) is 13.1. The molecule has 0 fully saturated rings. The van der Waals surface area contributed by atoms with Crippen molar-refractivity contribution in [3.63, 3.8) is 0 Å². The number of hydrogen-bond donors (Lipinski definition) is 1. The average Bonchev–Trinajstić information content (AvgIpc) is 3.01. The number of tetrazole rings is 1. The van der Waals surface area contributed by atoms with Crippen LogP contribution in [-0.2, 0) is 9.53 Å². The molecule has 1 unspecified atom stereocenters. The summed E-state index contributed by atoms with van der Waals surface area (Å²) in [6.45, 7) is 4.21. The first-order valence-electron chi connectivity index (χ1n) is 7.23. The Kier molecular flexibility index (Phi) is 3.96. The third-order valence-electron chi connectivity index (χ3n) is 3.63. The highest BCUT2D eigenvalue weighted by atomic mass is 16.5. The highest BCUT2D eigenvalue weighted by Gasteiger charge is 2.36. The summed E-state index contributed by atoms with van der Waals surface area (Å²) in [5.41, 5.74) is 1.89. The van der Waals surface area contributed by atoms with Crippen molar-refractivity contribution in [3.05, 3.63) is 41.1 Å². The molecule has 1 N–H and O–H groups in total. The van der Waals surface area contributed by atoms with Crippen molar-refractivity contribution in [1.29, 1.82) is 0 Å². The molecule has 120 valence electrons. The number of carbonyl (C=O) groups is 1. The molecule has 23 heavy (non-hydrogen) atoms. The Morgan fingerprint density at radius 3 is 2.91 bits per heavy atom. The minimum atomic E-state index is -0.517. The van der Waals surface area contributed by atoms with Crippen LogP contribution in [0.5, 0.6) is 5.75 Å². The van der Waals surface area contributed by atoms with Crippen LogP contribution in [0.4, 0.5) is 5.95 Å². The van der Waals surface area contributed by atoms with Crippen LogP contribution in [0.3, 0.4) is 0 Å². The molecule has 0 radical (unpaired) electrons. The summed E-state index contributed by atoms with van der Waals surface area (Å²) in [5, 5.41) is 14.7. The van der Waals surface area contributed by atoms with Crippen molar-refractivity contribution < 1.29 is 14.3 Å². The van der Waals surface area contributed by atoms with Gasteiger partial charge in [0.2, 0.25) is 5.95 Å². The summed E-state index contributed by atoms with van der Waals surface area (Å²) in [4.78, 5) is 12.3. The molecule has 8 nitrogen and oxygen atoms in total. The molecule has 1 aliphatic heterocycles. The second kappa shape index (κ2) is 6.07. The molecular formula is C15H17N5O3. The van der Waals surface area contributed by atoms with Gasteiger partial charge in [0.25, 0.3) is 0 Å². The monoisotopic (exact) mass is 315 g/mol. The summed E-state index contributed by atoms with van der Waals surface area (Å²) in [7, 11) is 1.35. The van der Waals surface area contributed by atoms with E-state index in [0.717, 1.165) is 5.56 Å². The van der Waals surface area contributed by atoms with Gasteiger partial charge in [0.15, 0.2) is 0 Å². The number of para-hydroxylation sites is 1.